The van der Waals surface area contributed by atoms with Crippen LogP contribution in [0.5, 0.6) is 5.88 Å². The second-order valence-electron chi connectivity index (χ2n) is 10.6. The van der Waals surface area contributed by atoms with Gasteiger partial charge in [-0.05, 0) is 50.8 Å². The molecule has 17 heteroatoms. The first-order chi connectivity index (χ1) is 20.9. The number of likely N-dealkylation sites (tertiary alicyclic amines) is 1. The second-order valence-corrected chi connectivity index (χ2v) is 10.6. The molecule has 3 aromatic heterocycles. The summed E-state index contributed by atoms with van der Waals surface area (Å²) in [5, 5.41) is 10.6. The molecule has 242 valence electrons. The zero-order valence-corrected chi connectivity index (χ0v) is 24.1. The number of hydrogen-bond donors (Lipinski definition) is 2. The Morgan fingerprint density at radius 1 is 1.11 bits per heavy atom. The van der Waals surface area contributed by atoms with Gasteiger partial charge in [0.2, 0.25) is 11.8 Å². The molecule has 45 heavy (non-hydrogen) atoms. The quantitative estimate of drug-likeness (QED) is 0.369. The highest BCUT2D eigenvalue weighted by molar-refractivity contribution is 5.84. The Kier molecular flexibility index (Phi) is 9.21. The number of nitrogens with one attached hydrogen (secondary N) is 1. The topological polar surface area (TPSA) is 130 Å². The lowest BCUT2D eigenvalue weighted by molar-refractivity contribution is -0.192. The minimum atomic E-state index is -5.08. The first-order valence-electron chi connectivity index (χ1n) is 13.4. The molecule has 0 unspecified atom stereocenters. The molecule has 0 aliphatic carbocycles. The van der Waals surface area contributed by atoms with Gasteiger partial charge in [-0.2, -0.15) is 26.3 Å². The Balaban J connectivity index is 0.000000591. The number of amides is 1. The molecular formula is C28H27F7N6O4. The monoisotopic (exact) mass is 644 g/mol. The van der Waals surface area contributed by atoms with Crippen LogP contribution in [0.15, 0.2) is 30.6 Å². The zero-order valence-electron chi connectivity index (χ0n) is 24.1. The molecule has 2 aliphatic rings. The number of methoxy groups -OCH3 is 1. The fraction of sp³-hybridized carbons (Fsp3) is 0.429. The fourth-order valence-corrected chi connectivity index (χ4v) is 5.16. The Morgan fingerprint density at radius 3 is 2.42 bits per heavy atom. The van der Waals surface area contributed by atoms with Crippen LogP contribution in [0, 0.1) is 12.7 Å². The van der Waals surface area contributed by atoms with E-state index in [1.807, 2.05) is 0 Å². The van der Waals surface area contributed by atoms with Crippen LogP contribution < -0.4 is 10.1 Å². The van der Waals surface area contributed by atoms with E-state index in [-0.39, 0.29) is 23.2 Å². The van der Waals surface area contributed by atoms with Crippen molar-refractivity contribution in [3.8, 4) is 17.3 Å². The number of carboxylic acid groups (broad SMARTS) is 1. The molecule has 2 atom stereocenters. The number of hydrogen-bond acceptors (Lipinski definition) is 8. The predicted molar refractivity (Wildman–Crippen MR) is 144 cm³/mol. The zero-order chi connectivity index (χ0) is 33.3. The van der Waals surface area contributed by atoms with Gasteiger partial charge in [-0.3, -0.25) is 4.79 Å². The highest BCUT2D eigenvalue weighted by Gasteiger charge is 2.44. The molecule has 1 spiro atoms. The number of aryl methyl sites for hydroxylation is 2. The summed E-state index contributed by atoms with van der Waals surface area (Å²) in [4.78, 5) is 40.1. The van der Waals surface area contributed by atoms with Crippen LogP contribution in [-0.2, 0) is 22.2 Å². The third-order valence-electron chi connectivity index (χ3n) is 7.55. The average molecular weight is 645 g/mol. The molecule has 0 aromatic carbocycles. The maximum absolute atomic E-state index is 14.4. The number of pyridine rings is 2. The Labute approximate surface area is 251 Å². The minimum absolute atomic E-state index is 0.0282. The van der Waals surface area contributed by atoms with Crippen LogP contribution in [0.3, 0.4) is 0 Å². The number of ether oxygens (including phenoxy) is 1. The molecule has 0 radical (unpaired) electrons. The predicted octanol–water partition coefficient (Wildman–Crippen LogP) is 5.17. The lowest BCUT2D eigenvalue weighted by atomic mass is 9.86. The van der Waals surface area contributed by atoms with Crippen molar-refractivity contribution in [2.75, 3.05) is 25.5 Å². The minimum Gasteiger partial charge on any atom is -0.481 e. The summed E-state index contributed by atoms with van der Waals surface area (Å²) in [5.41, 5.74) is 0.609. The molecule has 5 heterocycles. The van der Waals surface area contributed by atoms with E-state index in [9.17, 15) is 35.5 Å². The van der Waals surface area contributed by atoms with Crippen LogP contribution >= 0.6 is 0 Å². The summed E-state index contributed by atoms with van der Waals surface area (Å²) >= 11 is 0. The van der Waals surface area contributed by atoms with Gasteiger partial charge in [0.05, 0.1) is 30.5 Å². The first-order valence-corrected chi connectivity index (χ1v) is 13.4. The van der Waals surface area contributed by atoms with Crippen molar-refractivity contribution in [2.24, 2.45) is 0 Å². The van der Waals surface area contributed by atoms with Crippen LogP contribution in [-0.4, -0.2) is 73.7 Å². The van der Waals surface area contributed by atoms with Crippen molar-refractivity contribution in [1.82, 2.24) is 24.8 Å². The largest absolute Gasteiger partial charge is 0.490 e. The number of nitrogens with zero attached hydrogens (tertiary/aromatic N) is 5. The molecular weight excluding hydrogens is 617 g/mol. The summed E-state index contributed by atoms with van der Waals surface area (Å²) < 4.78 is 90.7. The number of anilines is 1. The van der Waals surface area contributed by atoms with E-state index in [0.29, 0.717) is 49.4 Å². The van der Waals surface area contributed by atoms with Crippen LogP contribution in [0.1, 0.15) is 48.2 Å². The van der Waals surface area contributed by atoms with Crippen LogP contribution in [0.4, 0.5) is 36.6 Å². The molecule has 1 saturated heterocycles. The van der Waals surface area contributed by atoms with Gasteiger partial charge in [-0.25, -0.2) is 29.1 Å². The van der Waals surface area contributed by atoms with Crippen molar-refractivity contribution < 1.29 is 50.2 Å². The number of carbonyl (C=O) groups excluding carboxylic acids is 1. The van der Waals surface area contributed by atoms with E-state index in [1.54, 1.807) is 24.8 Å². The van der Waals surface area contributed by atoms with Crippen LogP contribution in [0.2, 0.25) is 0 Å². The maximum atomic E-state index is 14.4. The van der Waals surface area contributed by atoms with Gasteiger partial charge in [-0.15, -0.1) is 0 Å². The SMILES string of the molecule is COc1cc([C@@H](C)C(=O)N2CC[C@@]3(CCc4cc(-c5nccc(C(F)(F)F)n5)c(C)nc4N3)C2)c(F)cn1.O=C(O)C(F)(F)F. The number of fused-ring (bicyclic) bond motifs is 1. The van der Waals surface area contributed by atoms with Crippen molar-refractivity contribution in [3.05, 3.63) is 58.9 Å². The lowest BCUT2D eigenvalue weighted by Crippen LogP contribution is -2.46. The molecule has 5 rings (SSSR count). The lowest BCUT2D eigenvalue weighted by Gasteiger charge is -2.36. The molecule has 0 bridgehead atoms. The third-order valence-corrected chi connectivity index (χ3v) is 7.55. The number of halogens is 7. The fourth-order valence-electron chi connectivity index (χ4n) is 5.16. The summed E-state index contributed by atoms with van der Waals surface area (Å²) in [6.45, 7) is 4.30. The standard InChI is InChI=1S/C26H26F4N6O2.C2HF3O2/c1-14(17-11-21(38-3)32-12-19(17)27)24(37)36-9-7-25(13-36)6-4-16-10-18(15(2)33-22(16)35-25)23-31-8-5-20(34-23)26(28,29)30;3-2(4,5)1(6)7/h5,8,10-12,14H,4,6-7,9,13H2,1-3H3,(H,33,35);(H,6,7)/t14-,25+;/m1./s1. The number of aliphatic carboxylic acids is 1. The summed E-state index contributed by atoms with van der Waals surface area (Å²) in [5.74, 6) is -3.38. The molecule has 10 nitrogen and oxygen atoms in total. The molecule has 1 fully saturated rings. The number of aromatic nitrogens is 4. The molecule has 2 aliphatic heterocycles. The van der Waals surface area contributed by atoms with Crippen molar-refractivity contribution in [1.29, 1.82) is 0 Å². The number of rotatable bonds is 4. The van der Waals surface area contributed by atoms with E-state index >= 15 is 0 Å². The molecule has 0 saturated carbocycles. The van der Waals surface area contributed by atoms with E-state index in [1.165, 1.54) is 13.2 Å². The number of alkyl halides is 6. The van der Waals surface area contributed by atoms with Crippen molar-refractivity contribution >= 4 is 17.7 Å². The maximum Gasteiger partial charge on any atom is 0.490 e. The van der Waals surface area contributed by atoms with Gasteiger partial charge >= 0.3 is 18.3 Å². The summed E-state index contributed by atoms with van der Waals surface area (Å²) in [7, 11) is 1.43. The molecule has 1 amide bonds. The van der Waals surface area contributed by atoms with Crippen molar-refractivity contribution in [2.45, 2.75) is 56.9 Å². The van der Waals surface area contributed by atoms with E-state index in [4.69, 9.17) is 14.6 Å². The summed E-state index contributed by atoms with van der Waals surface area (Å²) in [6.07, 6.45) is -5.50. The van der Waals surface area contributed by atoms with Gasteiger partial charge in [0.15, 0.2) is 5.82 Å². The van der Waals surface area contributed by atoms with Crippen LogP contribution in [0.25, 0.3) is 11.4 Å². The highest BCUT2D eigenvalue weighted by Crippen LogP contribution is 2.39. The van der Waals surface area contributed by atoms with E-state index in [2.05, 4.69) is 25.3 Å². The van der Waals surface area contributed by atoms with E-state index in [0.717, 1.165) is 24.0 Å². The summed E-state index contributed by atoms with van der Waals surface area (Å²) in [6, 6.07) is 4.06. The smallest absolute Gasteiger partial charge is 0.481 e. The molecule has 2 N–H and O–H groups in total. The Hall–Kier alpha value is -4.57. The highest BCUT2D eigenvalue weighted by atomic mass is 19.4. The van der Waals surface area contributed by atoms with Gasteiger partial charge in [-0.1, -0.05) is 0 Å². The van der Waals surface area contributed by atoms with Gasteiger partial charge in [0.1, 0.15) is 17.3 Å². The molecule has 3 aromatic rings. The number of carbonyl (C=O) groups is 2. The average Bonchev–Trinajstić information content (AvgIpc) is 3.38. The number of carboxylic acids is 1. The second kappa shape index (κ2) is 12.4. The van der Waals surface area contributed by atoms with Gasteiger partial charge < -0.3 is 20.1 Å². The van der Waals surface area contributed by atoms with Gasteiger partial charge in [0.25, 0.3) is 0 Å². The Bertz CT molecular complexity index is 1600. The Morgan fingerprint density at radius 2 is 1.80 bits per heavy atom. The normalized spacial score (nSPS) is 18.4. The van der Waals surface area contributed by atoms with Crippen molar-refractivity contribution in [3.63, 3.8) is 0 Å². The third kappa shape index (κ3) is 7.39. The van der Waals surface area contributed by atoms with Gasteiger partial charge in [0, 0.05) is 36.5 Å². The van der Waals surface area contributed by atoms with E-state index < -0.39 is 41.3 Å². The first kappa shape index (κ1) is 33.3.